The molecule has 146 valence electrons. The molecule has 0 aliphatic heterocycles. The third kappa shape index (κ3) is 18.0. The van der Waals surface area contributed by atoms with Crippen LogP contribution in [0.3, 0.4) is 0 Å². The van der Waals surface area contributed by atoms with Gasteiger partial charge in [0.2, 0.25) is 0 Å². The average molecular weight is 354 g/mol. The lowest BCUT2D eigenvalue weighted by molar-refractivity contribution is -0.0834. The fourth-order valence-corrected chi connectivity index (χ4v) is 1.64. The lowest BCUT2D eigenvalue weighted by Crippen LogP contribution is -2.28. The predicted molar refractivity (Wildman–Crippen MR) is 88.3 cm³/mol. The predicted octanol–water partition coefficient (Wildman–Crippen LogP) is -0.152. The van der Waals surface area contributed by atoms with Crippen molar-refractivity contribution in [1.82, 2.24) is 0 Å². The van der Waals surface area contributed by atoms with Crippen LogP contribution in [-0.4, -0.2) is 102 Å². The molecule has 0 aromatic carbocycles. The molecule has 1 unspecified atom stereocenters. The molecule has 0 aliphatic carbocycles. The minimum absolute atomic E-state index is 0.00560. The van der Waals surface area contributed by atoms with Gasteiger partial charge in [-0.2, -0.15) is 0 Å². The summed E-state index contributed by atoms with van der Waals surface area (Å²) in [5.74, 6) is 0. The molecule has 0 fully saturated rings. The summed E-state index contributed by atoms with van der Waals surface area (Å²) in [6, 6.07) is 0. The quantitative estimate of drug-likeness (QED) is 0.309. The van der Waals surface area contributed by atoms with Gasteiger partial charge in [0.05, 0.1) is 85.4 Å². The van der Waals surface area contributed by atoms with Crippen LogP contribution in [0.15, 0.2) is 0 Å². The maximum absolute atomic E-state index is 8.74. The number of hydrogen-bond acceptors (Lipinski definition) is 8. The zero-order chi connectivity index (χ0) is 17.9. The maximum Gasteiger partial charge on any atom is 0.104 e. The molecule has 0 rings (SSSR count). The van der Waals surface area contributed by atoms with Crippen LogP contribution in [0.25, 0.3) is 0 Å². The van der Waals surface area contributed by atoms with Gasteiger partial charge >= 0.3 is 0 Å². The van der Waals surface area contributed by atoms with Crippen LogP contribution in [0, 0.1) is 0 Å². The van der Waals surface area contributed by atoms with E-state index in [-0.39, 0.29) is 32.0 Å². The molecule has 0 aromatic rings. The van der Waals surface area contributed by atoms with E-state index in [1.165, 1.54) is 0 Å². The van der Waals surface area contributed by atoms with Crippen molar-refractivity contribution in [3.05, 3.63) is 0 Å². The average Bonchev–Trinajstić information content (AvgIpc) is 2.56. The Balaban J connectivity index is 3.63. The van der Waals surface area contributed by atoms with E-state index < -0.39 is 0 Å². The molecule has 8 heteroatoms. The highest BCUT2D eigenvalue weighted by molar-refractivity contribution is 4.56. The zero-order valence-corrected chi connectivity index (χ0v) is 15.0. The standard InChI is InChI=1S/C16H34O8/c1-15(2)23-11-9-20-7-8-22-14-16(13-21-6-4-18)24-12-10-19-5-3-17/h15-18H,3-14H2,1-2H3. The molecule has 0 radical (unpaired) electrons. The maximum atomic E-state index is 8.74. The summed E-state index contributed by atoms with van der Waals surface area (Å²) in [5, 5.41) is 17.4. The van der Waals surface area contributed by atoms with Crippen LogP contribution in [0.2, 0.25) is 0 Å². The molecule has 0 spiro atoms. The Morgan fingerprint density at radius 3 is 1.67 bits per heavy atom. The second kappa shape index (κ2) is 19.0. The van der Waals surface area contributed by atoms with Gasteiger partial charge in [-0.05, 0) is 13.8 Å². The molecule has 8 nitrogen and oxygen atoms in total. The van der Waals surface area contributed by atoms with E-state index in [9.17, 15) is 0 Å². The molecule has 24 heavy (non-hydrogen) atoms. The minimum atomic E-state index is -0.237. The molecule has 0 saturated carbocycles. The molecule has 2 N–H and O–H groups in total. The Hall–Kier alpha value is -0.320. The second-order valence-electron chi connectivity index (χ2n) is 5.23. The molecular weight excluding hydrogens is 320 g/mol. The van der Waals surface area contributed by atoms with E-state index >= 15 is 0 Å². The summed E-state index contributed by atoms with van der Waals surface area (Å²) >= 11 is 0. The highest BCUT2D eigenvalue weighted by Gasteiger charge is 2.10. The molecule has 0 bridgehead atoms. The first kappa shape index (κ1) is 23.7. The van der Waals surface area contributed by atoms with E-state index in [4.69, 9.17) is 38.6 Å². The Kier molecular flexibility index (Phi) is 18.8. The molecule has 0 saturated heterocycles. The van der Waals surface area contributed by atoms with Crippen molar-refractivity contribution in [3.63, 3.8) is 0 Å². The third-order valence-electron chi connectivity index (χ3n) is 2.71. The van der Waals surface area contributed by atoms with Crippen LogP contribution in [0.1, 0.15) is 13.8 Å². The van der Waals surface area contributed by atoms with Crippen molar-refractivity contribution in [1.29, 1.82) is 0 Å². The van der Waals surface area contributed by atoms with Crippen LogP contribution in [-0.2, 0) is 28.4 Å². The van der Waals surface area contributed by atoms with E-state index in [0.29, 0.717) is 59.5 Å². The number of rotatable bonds is 19. The van der Waals surface area contributed by atoms with E-state index in [1.54, 1.807) is 0 Å². The number of aliphatic hydroxyl groups is 2. The van der Waals surface area contributed by atoms with Crippen molar-refractivity contribution in [2.24, 2.45) is 0 Å². The highest BCUT2D eigenvalue weighted by Crippen LogP contribution is 1.97. The largest absolute Gasteiger partial charge is 0.394 e. The van der Waals surface area contributed by atoms with E-state index in [0.717, 1.165) is 0 Å². The van der Waals surface area contributed by atoms with Gasteiger partial charge in [-0.1, -0.05) is 0 Å². The lowest BCUT2D eigenvalue weighted by Gasteiger charge is -2.18. The lowest BCUT2D eigenvalue weighted by atomic mass is 10.4. The van der Waals surface area contributed by atoms with Gasteiger partial charge in [-0.15, -0.1) is 0 Å². The van der Waals surface area contributed by atoms with Crippen molar-refractivity contribution >= 4 is 0 Å². The first-order chi connectivity index (χ1) is 11.7. The normalized spacial score (nSPS) is 12.9. The summed E-state index contributed by atoms with van der Waals surface area (Å²) in [4.78, 5) is 0. The molecule has 0 aromatic heterocycles. The molecule has 0 amide bonds. The second-order valence-corrected chi connectivity index (χ2v) is 5.23. The Morgan fingerprint density at radius 1 is 0.583 bits per heavy atom. The van der Waals surface area contributed by atoms with Crippen LogP contribution in [0.5, 0.6) is 0 Å². The monoisotopic (exact) mass is 354 g/mol. The summed E-state index contributed by atoms with van der Waals surface area (Å²) in [6.07, 6.45) is -0.0263. The number of ether oxygens (including phenoxy) is 6. The molecule has 0 heterocycles. The van der Waals surface area contributed by atoms with Gasteiger partial charge in [0.15, 0.2) is 0 Å². The summed E-state index contributed by atoms with van der Waals surface area (Å²) in [5.41, 5.74) is 0. The van der Waals surface area contributed by atoms with Gasteiger partial charge in [-0.25, -0.2) is 0 Å². The third-order valence-corrected chi connectivity index (χ3v) is 2.71. The van der Waals surface area contributed by atoms with Gasteiger partial charge < -0.3 is 38.6 Å². The van der Waals surface area contributed by atoms with Gasteiger partial charge in [0, 0.05) is 0 Å². The van der Waals surface area contributed by atoms with Gasteiger partial charge in [0.1, 0.15) is 6.10 Å². The Morgan fingerprint density at radius 2 is 1.04 bits per heavy atom. The van der Waals surface area contributed by atoms with Gasteiger partial charge in [-0.3, -0.25) is 0 Å². The van der Waals surface area contributed by atoms with Crippen molar-refractivity contribution in [2.45, 2.75) is 26.1 Å². The van der Waals surface area contributed by atoms with Crippen LogP contribution >= 0.6 is 0 Å². The first-order valence-electron chi connectivity index (χ1n) is 8.46. The van der Waals surface area contributed by atoms with Crippen LogP contribution < -0.4 is 0 Å². The summed E-state index contributed by atoms with van der Waals surface area (Å²) in [7, 11) is 0. The number of hydrogen-bond donors (Lipinski definition) is 2. The smallest absolute Gasteiger partial charge is 0.104 e. The summed E-state index contributed by atoms with van der Waals surface area (Å²) in [6.45, 7) is 8.06. The van der Waals surface area contributed by atoms with Crippen molar-refractivity contribution < 1.29 is 38.6 Å². The fraction of sp³-hybridized carbons (Fsp3) is 1.00. The van der Waals surface area contributed by atoms with E-state index in [2.05, 4.69) is 0 Å². The van der Waals surface area contributed by atoms with Crippen molar-refractivity contribution in [2.75, 3.05) is 79.3 Å². The summed E-state index contributed by atoms with van der Waals surface area (Å²) < 4.78 is 32.3. The zero-order valence-electron chi connectivity index (χ0n) is 15.0. The number of aliphatic hydroxyl groups excluding tert-OH is 2. The fourth-order valence-electron chi connectivity index (χ4n) is 1.64. The molecular formula is C16H34O8. The molecule has 1 atom stereocenters. The highest BCUT2D eigenvalue weighted by atomic mass is 16.6. The Bertz CT molecular complexity index is 240. The van der Waals surface area contributed by atoms with E-state index in [1.807, 2.05) is 13.8 Å². The van der Waals surface area contributed by atoms with Crippen LogP contribution in [0.4, 0.5) is 0 Å². The minimum Gasteiger partial charge on any atom is -0.394 e. The van der Waals surface area contributed by atoms with Gasteiger partial charge in [0.25, 0.3) is 0 Å². The Labute approximate surface area is 144 Å². The first-order valence-corrected chi connectivity index (χ1v) is 8.46. The SMILES string of the molecule is CC(C)OCCOCCOCC(COCCO)OCCOCCO. The topological polar surface area (TPSA) is 95.8 Å². The molecule has 0 aliphatic rings. The van der Waals surface area contributed by atoms with Crippen molar-refractivity contribution in [3.8, 4) is 0 Å².